The monoisotopic (exact) mass is 695 g/mol. The van der Waals surface area contributed by atoms with Crippen molar-refractivity contribution in [1.82, 2.24) is 0 Å². The summed E-state index contributed by atoms with van der Waals surface area (Å²) in [4.78, 5) is 2.37. The normalized spacial score (nSPS) is 12.9. The standard InChI is InChI=1S/C51H37NS/c1-51(2)46-30-26-37(32-45(46)43-29-25-38(33-47(43)51)34-13-5-3-6-14-34)36-15-11-18-41(31-36)52(39-16-7-4-8-17-39)40-27-23-35(24-28-40)42-20-12-22-49-50(42)44-19-9-10-21-48(44)53-49/h3-33H,1-2H3. The van der Waals surface area contributed by atoms with Gasteiger partial charge in [-0.25, -0.2) is 0 Å². The molecule has 0 N–H and O–H groups in total. The van der Waals surface area contributed by atoms with Gasteiger partial charge in [-0.05, 0) is 116 Å². The molecule has 2 heteroatoms. The van der Waals surface area contributed by atoms with Gasteiger partial charge in [-0.3, -0.25) is 0 Å². The lowest BCUT2D eigenvalue weighted by molar-refractivity contribution is 0.660. The summed E-state index contributed by atoms with van der Waals surface area (Å²) in [5, 5.41) is 2.66. The number of nitrogens with zero attached hydrogens (tertiary/aromatic N) is 1. The summed E-state index contributed by atoms with van der Waals surface area (Å²) < 4.78 is 2.65. The Morgan fingerprint density at radius 1 is 0.377 bits per heavy atom. The lowest BCUT2D eigenvalue weighted by Gasteiger charge is -2.26. The van der Waals surface area contributed by atoms with Crippen LogP contribution in [0.3, 0.4) is 0 Å². The molecule has 1 aliphatic rings. The Bertz CT molecular complexity index is 2790. The third-order valence-electron chi connectivity index (χ3n) is 11.1. The minimum absolute atomic E-state index is 0.0752. The van der Waals surface area contributed by atoms with Gasteiger partial charge in [0.15, 0.2) is 0 Å². The highest BCUT2D eigenvalue weighted by atomic mass is 32.1. The van der Waals surface area contributed by atoms with Gasteiger partial charge in [-0.1, -0.05) is 141 Å². The Hall–Kier alpha value is -6.22. The summed E-state index contributed by atoms with van der Waals surface area (Å²) >= 11 is 1.87. The smallest absolute Gasteiger partial charge is 0.0467 e. The van der Waals surface area contributed by atoms with Crippen molar-refractivity contribution in [3.05, 3.63) is 199 Å². The molecular weight excluding hydrogens is 659 g/mol. The first-order valence-corrected chi connectivity index (χ1v) is 19.2. The molecule has 0 unspecified atom stereocenters. The summed E-state index contributed by atoms with van der Waals surface area (Å²) in [5.74, 6) is 0. The number of para-hydroxylation sites is 1. The fraction of sp³-hybridized carbons (Fsp3) is 0.0588. The quantitative estimate of drug-likeness (QED) is 0.167. The van der Waals surface area contributed by atoms with Gasteiger partial charge in [0.25, 0.3) is 0 Å². The number of anilines is 3. The fourth-order valence-electron chi connectivity index (χ4n) is 8.40. The summed E-state index contributed by atoms with van der Waals surface area (Å²) in [6.07, 6.45) is 0. The number of benzene rings is 8. The second-order valence-corrected chi connectivity index (χ2v) is 15.6. The van der Waals surface area contributed by atoms with Crippen LogP contribution < -0.4 is 4.90 Å². The van der Waals surface area contributed by atoms with Gasteiger partial charge < -0.3 is 4.90 Å². The van der Waals surface area contributed by atoms with Crippen molar-refractivity contribution >= 4 is 48.6 Å². The number of thiophene rings is 1. The van der Waals surface area contributed by atoms with E-state index in [1.807, 2.05) is 11.3 Å². The third-order valence-corrected chi connectivity index (χ3v) is 12.2. The van der Waals surface area contributed by atoms with Crippen molar-refractivity contribution < 1.29 is 0 Å². The average molecular weight is 696 g/mol. The van der Waals surface area contributed by atoms with E-state index in [2.05, 4.69) is 207 Å². The first-order chi connectivity index (χ1) is 26.0. The molecule has 1 aliphatic carbocycles. The van der Waals surface area contributed by atoms with Crippen molar-refractivity contribution in [1.29, 1.82) is 0 Å². The molecule has 0 saturated carbocycles. The topological polar surface area (TPSA) is 3.24 Å². The first-order valence-electron chi connectivity index (χ1n) is 18.3. The van der Waals surface area contributed by atoms with Crippen LogP contribution in [-0.2, 0) is 5.41 Å². The number of hydrogen-bond donors (Lipinski definition) is 0. The Morgan fingerprint density at radius 3 is 1.81 bits per heavy atom. The van der Waals surface area contributed by atoms with Gasteiger partial charge >= 0.3 is 0 Å². The van der Waals surface area contributed by atoms with Crippen LogP contribution in [0.15, 0.2) is 188 Å². The zero-order valence-electron chi connectivity index (χ0n) is 29.8. The largest absolute Gasteiger partial charge is 0.310 e. The van der Waals surface area contributed by atoms with E-state index in [-0.39, 0.29) is 5.41 Å². The summed E-state index contributed by atoms with van der Waals surface area (Å²) in [5.41, 5.74) is 16.2. The maximum atomic E-state index is 2.40. The van der Waals surface area contributed by atoms with Crippen LogP contribution in [0.2, 0.25) is 0 Å². The van der Waals surface area contributed by atoms with Gasteiger partial charge in [0.2, 0.25) is 0 Å². The Balaban J connectivity index is 1.03. The maximum Gasteiger partial charge on any atom is 0.0467 e. The summed E-state index contributed by atoms with van der Waals surface area (Å²) in [6, 6.07) is 69.0. The molecule has 1 nitrogen and oxygen atoms in total. The van der Waals surface area contributed by atoms with E-state index >= 15 is 0 Å². The maximum absolute atomic E-state index is 2.40. The molecule has 0 radical (unpaired) electrons. The SMILES string of the molecule is CC1(C)c2ccc(-c3cccc(N(c4ccccc4)c4ccc(-c5cccc6sc7ccccc7c56)cc4)c3)cc2-c2ccc(-c3ccccc3)cc21. The number of hydrogen-bond acceptors (Lipinski definition) is 2. The molecule has 252 valence electrons. The second-order valence-electron chi connectivity index (χ2n) is 14.6. The first kappa shape index (κ1) is 31.5. The molecule has 0 amide bonds. The van der Waals surface area contributed by atoms with Crippen molar-refractivity contribution in [2.24, 2.45) is 0 Å². The van der Waals surface area contributed by atoms with E-state index in [1.54, 1.807) is 0 Å². The molecule has 1 heterocycles. The summed E-state index contributed by atoms with van der Waals surface area (Å²) in [6.45, 7) is 4.72. The molecule has 0 spiro atoms. The lowest BCUT2D eigenvalue weighted by Crippen LogP contribution is -2.15. The minimum atomic E-state index is -0.0752. The van der Waals surface area contributed by atoms with Crippen LogP contribution in [0, 0.1) is 0 Å². The highest BCUT2D eigenvalue weighted by molar-refractivity contribution is 7.25. The molecule has 0 bridgehead atoms. The fourth-order valence-corrected chi connectivity index (χ4v) is 9.53. The van der Waals surface area contributed by atoms with E-state index in [0.29, 0.717) is 0 Å². The minimum Gasteiger partial charge on any atom is -0.310 e. The molecule has 9 aromatic rings. The molecule has 8 aromatic carbocycles. The van der Waals surface area contributed by atoms with Crippen LogP contribution in [0.4, 0.5) is 17.1 Å². The van der Waals surface area contributed by atoms with Gasteiger partial charge in [-0.15, -0.1) is 11.3 Å². The Kier molecular flexibility index (Phi) is 7.42. The molecule has 0 saturated heterocycles. The zero-order chi connectivity index (χ0) is 35.5. The highest BCUT2D eigenvalue weighted by Gasteiger charge is 2.35. The van der Waals surface area contributed by atoms with E-state index in [1.165, 1.54) is 75.8 Å². The predicted molar refractivity (Wildman–Crippen MR) is 228 cm³/mol. The highest BCUT2D eigenvalue weighted by Crippen LogP contribution is 2.51. The van der Waals surface area contributed by atoms with Gasteiger partial charge in [0, 0.05) is 42.6 Å². The van der Waals surface area contributed by atoms with Crippen LogP contribution >= 0.6 is 11.3 Å². The third kappa shape index (κ3) is 5.29. The lowest BCUT2D eigenvalue weighted by atomic mass is 9.81. The van der Waals surface area contributed by atoms with Crippen LogP contribution in [-0.4, -0.2) is 0 Å². The molecule has 0 fully saturated rings. The van der Waals surface area contributed by atoms with E-state index in [0.717, 1.165) is 17.1 Å². The van der Waals surface area contributed by atoms with E-state index in [9.17, 15) is 0 Å². The predicted octanol–water partition coefficient (Wildman–Crippen LogP) is 14.8. The molecule has 53 heavy (non-hydrogen) atoms. The van der Waals surface area contributed by atoms with Crippen molar-refractivity contribution in [2.45, 2.75) is 19.3 Å². The van der Waals surface area contributed by atoms with E-state index in [4.69, 9.17) is 0 Å². The average Bonchev–Trinajstić information content (AvgIpc) is 3.71. The van der Waals surface area contributed by atoms with Gasteiger partial charge in [0.1, 0.15) is 0 Å². The number of rotatable bonds is 6. The molecule has 0 aliphatic heterocycles. The van der Waals surface area contributed by atoms with Gasteiger partial charge in [-0.2, -0.15) is 0 Å². The van der Waals surface area contributed by atoms with Gasteiger partial charge in [0.05, 0.1) is 0 Å². The number of fused-ring (bicyclic) bond motifs is 6. The molecule has 0 atom stereocenters. The Labute approximate surface area is 315 Å². The van der Waals surface area contributed by atoms with Crippen molar-refractivity contribution in [2.75, 3.05) is 4.90 Å². The molecular formula is C51H37NS. The molecule has 1 aromatic heterocycles. The van der Waals surface area contributed by atoms with Crippen LogP contribution in [0.5, 0.6) is 0 Å². The summed E-state index contributed by atoms with van der Waals surface area (Å²) in [7, 11) is 0. The van der Waals surface area contributed by atoms with E-state index < -0.39 is 0 Å². The van der Waals surface area contributed by atoms with Crippen molar-refractivity contribution in [3.8, 4) is 44.5 Å². The van der Waals surface area contributed by atoms with Crippen molar-refractivity contribution in [3.63, 3.8) is 0 Å². The molecule has 10 rings (SSSR count). The van der Waals surface area contributed by atoms with Crippen LogP contribution in [0.25, 0.3) is 64.7 Å². The second kappa shape index (κ2) is 12.5. The zero-order valence-corrected chi connectivity index (χ0v) is 30.6. The van der Waals surface area contributed by atoms with Crippen LogP contribution in [0.1, 0.15) is 25.0 Å². The Morgan fingerprint density at radius 2 is 0.981 bits per heavy atom.